The molecule has 0 atom stereocenters. The monoisotopic (exact) mass is 450 g/mol. The van der Waals surface area contributed by atoms with Crippen LogP contribution >= 0.6 is 27.5 Å². The molecule has 2 aromatic carbocycles. The van der Waals surface area contributed by atoms with Crippen molar-refractivity contribution in [2.75, 3.05) is 24.7 Å². The topological polar surface area (TPSA) is 79.6 Å². The Balaban J connectivity index is 1.91. The number of nitriles is 1. The summed E-state index contributed by atoms with van der Waals surface area (Å²) < 4.78 is 11.2. The van der Waals surface area contributed by atoms with E-state index in [-0.39, 0.29) is 13.2 Å². The lowest BCUT2D eigenvalue weighted by Crippen LogP contribution is -2.35. The number of halogens is 2. The number of ether oxygens (including phenoxy) is 2. The average molecular weight is 452 g/mol. The highest BCUT2D eigenvalue weighted by molar-refractivity contribution is 9.10. The summed E-state index contributed by atoms with van der Waals surface area (Å²) in [5.41, 5.74) is 1.30. The number of hydrogen-bond donors (Lipinski definition) is 0. The van der Waals surface area contributed by atoms with Crippen LogP contribution in [0.2, 0.25) is 5.02 Å². The molecule has 0 fully saturated rings. The van der Waals surface area contributed by atoms with Crippen molar-refractivity contribution in [2.24, 2.45) is 0 Å². The molecule has 2 rings (SSSR count). The molecular weight excluding hydrogens is 436 g/mol. The van der Waals surface area contributed by atoms with Crippen molar-refractivity contribution < 1.29 is 19.1 Å². The number of nitrogens with zero attached hydrogens (tertiary/aromatic N) is 2. The van der Waals surface area contributed by atoms with Gasteiger partial charge in [-0.15, -0.1) is 0 Å². The Hall–Kier alpha value is -2.56. The SMILES string of the molecule is Cc1cc(Br)cc(Cl)c1OCC(=O)OCC(=O)N(CC#N)c1ccccc1. The van der Waals surface area contributed by atoms with Crippen LogP contribution in [0.3, 0.4) is 0 Å². The van der Waals surface area contributed by atoms with Crippen LogP contribution < -0.4 is 9.64 Å². The number of hydrogen-bond acceptors (Lipinski definition) is 5. The lowest BCUT2D eigenvalue weighted by Gasteiger charge is -2.19. The van der Waals surface area contributed by atoms with Crippen molar-refractivity contribution in [3.8, 4) is 11.8 Å². The summed E-state index contributed by atoms with van der Waals surface area (Å²) in [5.74, 6) is -0.848. The molecule has 8 heteroatoms. The van der Waals surface area contributed by atoms with Gasteiger partial charge in [0.15, 0.2) is 13.2 Å². The van der Waals surface area contributed by atoms with Gasteiger partial charge < -0.3 is 9.47 Å². The largest absolute Gasteiger partial charge is 0.480 e. The van der Waals surface area contributed by atoms with Crippen LogP contribution in [0.4, 0.5) is 5.69 Å². The zero-order valence-electron chi connectivity index (χ0n) is 14.4. The quantitative estimate of drug-likeness (QED) is 0.471. The first-order valence-corrected chi connectivity index (χ1v) is 9.06. The highest BCUT2D eigenvalue weighted by Crippen LogP contribution is 2.31. The first-order chi connectivity index (χ1) is 12.9. The second-order valence-corrected chi connectivity index (χ2v) is 6.78. The van der Waals surface area contributed by atoms with Crippen LogP contribution in [0, 0.1) is 18.3 Å². The number of benzene rings is 2. The zero-order valence-corrected chi connectivity index (χ0v) is 16.8. The summed E-state index contributed by atoms with van der Waals surface area (Å²) in [7, 11) is 0. The molecule has 0 saturated heterocycles. The summed E-state index contributed by atoms with van der Waals surface area (Å²) in [6.45, 7) is 0.760. The number of amides is 1. The van der Waals surface area contributed by atoms with Crippen molar-refractivity contribution in [3.63, 3.8) is 0 Å². The second kappa shape index (κ2) is 9.95. The van der Waals surface area contributed by atoms with E-state index in [1.165, 1.54) is 4.90 Å². The molecule has 0 aromatic heterocycles. The number of carbonyl (C=O) groups is 2. The van der Waals surface area contributed by atoms with E-state index in [2.05, 4.69) is 15.9 Å². The van der Waals surface area contributed by atoms with Crippen LogP contribution in [-0.2, 0) is 14.3 Å². The van der Waals surface area contributed by atoms with Crippen molar-refractivity contribution in [2.45, 2.75) is 6.92 Å². The summed E-state index contributed by atoms with van der Waals surface area (Å²) in [4.78, 5) is 25.4. The van der Waals surface area contributed by atoms with Gasteiger partial charge in [-0.3, -0.25) is 9.69 Å². The molecule has 27 heavy (non-hydrogen) atoms. The summed E-state index contributed by atoms with van der Waals surface area (Å²) in [6, 6.07) is 14.0. The Morgan fingerprint density at radius 2 is 1.93 bits per heavy atom. The lowest BCUT2D eigenvalue weighted by atomic mass is 10.2. The smallest absolute Gasteiger partial charge is 0.344 e. The minimum Gasteiger partial charge on any atom is -0.480 e. The normalized spacial score (nSPS) is 10.0. The number of para-hydroxylation sites is 1. The van der Waals surface area contributed by atoms with E-state index in [0.29, 0.717) is 16.5 Å². The van der Waals surface area contributed by atoms with Gasteiger partial charge in [-0.1, -0.05) is 45.7 Å². The molecule has 1 amide bonds. The second-order valence-electron chi connectivity index (χ2n) is 5.46. The molecule has 0 aliphatic rings. The number of esters is 1. The van der Waals surface area contributed by atoms with E-state index >= 15 is 0 Å². The van der Waals surface area contributed by atoms with Gasteiger partial charge in [-0.05, 0) is 36.8 Å². The summed E-state index contributed by atoms with van der Waals surface area (Å²) in [6.07, 6.45) is 0. The molecule has 2 aromatic rings. The van der Waals surface area contributed by atoms with E-state index in [9.17, 15) is 9.59 Å². The Morgan fingerprint density at radius 1 is 1.22 bits per heavy atom. The Kier molecular flexibility index (Phi) is 7.65. The van der Waals surface area contributed by atoms with Gasteiger partial charge in [0.2, 0.25) is 0 Å². The molecule has 6 nitrogen and oxygen atoms in total. The fraction of sp³-hybridized carbons (Fsp3) is 0.211. The van der Waals surface area contributed by atoms with Gasteiger partial charge in [0.25, 0.3) is 5.91 Å². The first-order valence-electron chi connectivity index (χ1n) is 7.88. The highest BCUT2D eigenvalue weighted by Gasteiger charge is 2.18. The minimum atomic E-state index is -0.716. The standard InChI is InChI=1S/C19H16BrClN2O4/c1-13-9-14(20)10-16(21)19(13)27-12-18(25)26-11-17(24)23(8-7-22)15-5-3-2-4-6-15/h2-6,9-10H,8,11-12H2,1H3. The third kappa shape index (κ3) is 5.98. The van der Waals surface area contributed by atoms with Crippen LogP contribution in [-0.4, -0.2) is 31.6 Å². The maximum atomic E-state index is 12.3. The fourth-order valence-corrected chi connectivity index (χ4v) is 3.29. The van der Waals surface area contributed by atoms with E-state index in [1.807, 2.05) is 6.07 Å². The van der Waals surface area contributed by atoms with E-state index in [0.717, 1.165) is 10.0 Å². The van der Waals surface area contributed by atoms with Gasteiger partial charge in [-0.2, -0.15) is 5.26 Å². The molecule has 140 valence electrons. The number of carbonyl (C=O) groups excluding carboxylic acids is 2. The van der Waals surface area contributed by atoms with Gasteiger partial charge >= 0.3 is 5.97 Å². The Bertz CT molecular complexity index is 845. The summed E-state index contributed by atoms with van der Waals surface area (Å²) in [5, 5.41) is 9.28. The van der Waals surface area contributed by atoms with E-state index < -0.39 is 18.5 Å². The Morgan fingerprint density at radius 3 is 2.56 bits per heavy atom. The Labute approximate surface area is 170 Å². The number of anilines is 1. The maximum Gasteiger partial charge on any atom is 0.344 e. The van der Waals surface area contributed by atoms with Crippen molar-refractivity contribution >= 4 is 45.1 Å². The van der Waals surface area contributed by atoms with Crippen molar-refractivity contribution in [1.82, 2.24) is 0 Å². The number of rotatable bonds is 7. The average Bonchev–Trinajstić information content (AvgIpc) is 2.64. The van der Waals surface area contributed by atoms with Gasteiger partial charge in [-0.25, -0.2) is 4.79 Å². The molecule has 0 unspecified atom stereocenters. The molecule has 0 spiro atoms. The predicted octanol–water partition coefficient (Wildman–Crippen LogP) is 3.89. The van der Waals surface area contributed by atoms with E-state index in [1.54, 1.807) is 49.4 Å². The van der Waals surface area contributed by atoms with Crippen LogP contribution in [0.5, 0.6) is 5.75 Å². The molecule has 0 aliphatic carbocycles. The molecule has 0 saturated carbocycles. The minimum absolute atomic E-state index is 0.148. The van der Waals surface area contributed by atoms with Crippen LogP contribution in [0.25, 0.3) is 0 Å². The molecule has 0 radical (unpaired) electrons. The molecule has 0 heterocycles. The van der Waals surface area contributed by atoms with Crippen LogP contribution in [0.15, 0.2) is 46.9 Å². The van der Waals surface area contributed by atoms with Gasteiger partial charge in [0.1, 0.15) is 12.3 Å². The van der Waals surface area contributed by atoms with Gasteiger partial charge in [0.05, 0.1) is 11.1 Å². The highest BCUT2D eigenvalue weighted by atomic mass is 79.9. The van der Waals surface area contributed by atoms with Crippen molar-refractivity contribution in [1.29, 1.82) is 5.26 Å². The molecular formula is C19H16BrClN2O4. The first kappa shape index (κ1) is 20.7. The van der Waals surface area contributed by atoms with Crippen molar-refractivity contribution in [3.05, 3.63) is 57.5 Å². The summed E-state index contributed by atoms with van der Waals surface area (Å²) >= 11 is 9.41. The lowest BCUT2D eigenvalue weighted by molar-refractivity contribution is -0.149. The molecule has 0 N–H and O–H groups in total. The predicted molar refractivity (Wildman–Crippen MR) is 105 cm³/mol. The molecule has 0 bridgehead atoms. The fourth-order valence-electron chi connectivity index (χ4n) is 2.27. The third-order valence-electron chi connectivity index (χ3n) is 3.48. The molecule has 0 aliphatic heterocycles. The number of aryl methyl sites for hydroxylation is 1. The van der Waals surface area contributed by atoms with Gasteiger partial charge in [0, 0.05) is 10.2 Å². The van der Waals surface area contributed by atoms with E-state index in [4.69, 9.17) is 26.3 Å². The maximum absolute atomic E-state index is 12.3. The van der Waals surface area contributed by atoms with Crippen LogP contribution in [0.1, 0.15) is 5.56 Å². The zero-order chi connectivity index (χ0) is 19.8. The third-order valence-corrected chi connectivity index (χ3v) is 4.22.